The van der Waals surface area contributed by atoms with Crippen LogP contribution in [0.15, 0.2) is 0 Å². The van der Waals surface area contributed by atoms with Crippen molar-refractivity contribution in [1.29, 1.82) is 0 Å². The minimum atomic E-state index is 0.444. The molecule has 11 heavy (non-hydrogen) atoms. The van der Waals surface area contributed by atoms with Gasteiger partial charge in [0.05, 0.1) is 0 Å². The van der Waals surface area contributed by atoms with Gasteiger partial charge in [-0.15, -0.1) is 0 Å². The smallest absolute Gasteiger partial charge is 0.00841 e. The molecule has 0 radical (unpaired) electrons. The van der Waals surface area contributed by atoms with E-state index in [1.54, 1.807) is 0 Å². The van der Waals surface area contributed by atoms with Gasteiger partial charge in [0.25, 0.3) is 0 Å². The summed E-state index contributed by atoms with van der Waals surface area (Å²) in [6, 6.07) is 1.73. The second-order valence-electron chi connectivity index (χ2n) is 3.94. The minimum absolute atomic E-state index is 0.444. The van der Waals surface area contributed by atoms with Crippen molar-refractivity contribution in [2.75, 3.05) is 0 Å². The van der Waals surface area contributed by atoms with Crippen LogP contribution in [0.1, 0.15) is 39.5 Å². The first-order valence-electron chi connectivity index (χ1n) is 4.70. The Morgan fingerprint density at radius 2 is 2.09 bits per heavy atom. The number of hydrogen-bond donors (Lipinski definition) is 2. The maximum atomic E-state index is 5.86. The summed E-state index contributed by atoms with van der Waals surface area (Å²) in [6.45, 7) is 4.39. The van der Waals surface area contributed by atoms with Crippen LogP contribution < -0.4 is 11.1 Å². The third kappa shape index (κ3) is 3.21. The van der Waals surface area contributed by atoms with Crippen molar-refractivity contribution in [2.45, 2.75) is 57.7 Å². The first kappa shape index (κ1) is 9.01. The molecular weight excluding hydrogens is 136 g/mol. The lowest BCUT2D eigenvalue weighted by Gasteiger charge is -2.28. The molecule has 0 saturated heterocycles. The monoisotopic (exact) mass is 156 g/mol. The topological polar surface area (TPSA) is 38.0 Å². The number of hydrogen-bond acceptors (Lipinski definition) is 2. The molecule has 3 N–H and O–H groups in total. The summed E-state index contributed by atoms with van der Waals surface area (Å²) < 4.78 is 0. The summed E-state index contributed by atoms with van der Waals surface area (Å²) in [5, 5.41) is 3.53. The summed E-state index contributed by atoms with van der Waals surface area (Å²) in [4.78, 5) is 0. The lowest BCUT2D eigenvalue weighted by atomic mass is 9.91. The zero-order valence-electron chi connectivity index (χ0n) is 7.64. The minimum Gasteiger partial charge on any atom is -0.328 e. The molecule has 0 heterocycles. The van der Waals surface area contributed by atoms with Crippen LogP contribution in [0, 0.1) is 0 Å². The van der Waals surface area contributed by atoms with E-state index in [1.165, 1.54) is 19.3 Å². The van der Waals surface area contributed by atoms with E-state index >= 15 is 0 Å². The van der Waals surface area contributed by atoms with Gasteiger partial charge in [0.15, 0.2) is 0 Å². The molecule has 0 aromatic heterocycles. The van der Waals surface area contributed by atoms with Crippen LogP contribution in [0.5, 0.6) is 0 Å². The van der Waals surface area contributed by atoms with Crippen LogP contribution in [0.25, 0.3) is 0 Å². The van der Waals surface area contributed by atoms with Crippen molar-refractivity contribution in [1.82, 2.24) is 5.32 Å². The highest BCUT2D eigenvalue weighted by atomic mass is 14.9. The fraction of sp³-hybridized carbons (Fsp3) is 1.00. The Kier molecular flexibility index (Phi) is 3.34. The van der Waals surface area contributed by atoms with Crippen molar-refractivity contribution < 1.29 is 0 Å². The molecule has 0 bridgehead atoms. The molecule has 1 saturated carbocycles. The lowest BCUT2D eigenvalue weighted by molar-refractivity contribution is 0.323. The van der Waals surface area contributed by atoms with Crippen LogP contribution in [-0.4, -0.2) is 18.1 Å². The molecular formula is C9H20N2. The van der Waals surface area contributed by atoms with E-state index in [0.717, 1.165) is 6.42 Å². The molecule has 2 heteroatoms. The summed E-state index contributed by atoms with van der Waals surface area (Å²) in [5.41, 5.74) is 5.86. The number of nitrogens with two attached hydrogens (primary N) is 1. The van der Waals surface area contributed by atoms with E-state index in [0.29, 0.717) is 18.1 Å². The van der Waals surface area contributed by atoms with Gasteiger partial charge in [0.2, 0.25) is 0 Å². The van der Waals surface area contributed by atoms with Crippen LogP contribution in [0.4, 0.5) is 0 Å². The van der Waals surface area contributed by atoms with Crippen LogP contribution >= 0.6 is 0 Å². The molecule has 0 aromatic carbocycles. The Morgan fingerprint density at radius 3 is 2.64 bits per heavy atom. The molecule has 66 valence electrons. The SMILES string of the molecule is CC(C)N[C@@H]1CCC[C@@H](N)C1. The first-order chi connectivity index (χ1) is 5.18. The van der Waals surface area contributed by atoms with Crippen LogP contribution in [-0.2, 0) is 0 Å². The highest BCUT2D eigenvalue weighted by molar-refractivity contribution is 4.80. The Balaban J connectivity index is 2.23. The van der Waals surface area contributed by atoms with E-state index < -0.39 is 0 Å². The van der Waals surface area contributed by atoms with Crippen molar-refractivity contribution >= 4 is 0 Å². The van der Waals surface area contributed by atoms with Gasteiger partial charge in [-0.1, -0.05) is 20.3 Å². The Bertz CT molecular complexity index is 110. The maximum Gasteiger partial charge on any atom is 0.00841 e. The van der Waals surface area contributed by atoms with E-state index in [1.807, 2.05) is 0 Å². The molecule has 2 atom stereocenters. The van der Waals surface area contributed by atoms with Gasteiger partial charge in [-0.2, -0.15) is 0 Å². The Hall–Kier alpha value is -0.0800. The van der Waals surface area contributed by atoms with Gasteiger partial charge in [-0.3, -0.25) is 0 Å². The molecule has 0 amide bonds. The standard InChI is InChI=1S/C9H20N2/c1-7(2)11-9-5-3-4-8(10)6-9/h7-9,11H,3-6,10H2,1-2H3/t8-,9-/m1/s1. The fourth-order valence-electron chi connectivity index (χ4n) is 1.85. The highest BCUT2D eigenvalue weighted by Gasteiger charge is 2.18. The summed E-state index contributed by atoms with van der Waals surface area (Å²) in [6.07, 6.45) is 4.99. The molecule has 1 fully saturated rings. The molecule has 0 unspecified atom stereocenters. The lowest BCUT2D eigenvalue weighted by Crippen LogP contribution is -2.42. The molecule has 2 nitrogen and oxygen atoms in total. The van der Waals surface area contributed by atoms with Crippen molar-refractivity contribution in [3.63, 3.8) is 0 Å². The third-order valence-corrected chi connectivity index (χ3v) is 2.28. The molecule has 0 aliphatic heterocycles. The highest BCUT2D eigenvalue weighted by Crippen LogP contribution is 2.17. The second-order valence-corrected chi connectivity index (χ2v) is 3.94. The van der Waals surface area contributed by atoms with E-state index in [-0.39, 0.29) is 0 Å². The van der Waals surface area contributed by atoms with Gasteiger partial charge in [0, 0.05) is 18.1 Å². The van der Waals surface area contributed by atoms with Crippen LogP contribution in [0.2, 0.25) is 0 Å². The first-order valence-corrected chi connectivity index (χ1v) is 4.70. The summed E-state index contributed by atoms with van der Waals surface area (Å²) >= 11 is 0. The zero-order valence-corrected chi connectivity index (χ0v) is 7.64. The molecule has 1 rings (SSSR count). The third-order valence-electron chi connectivity index (χ3n) is 2.28. The normalized spacial score (nSPS) is 32.7. The Labute approximate surface area is 69.5 Å². The number of rotatable bonds is 2. The number of nitrogens with one attached hydrogen (secondary N) is 1. The van der Waals surface area contributed by atoms with E-state index in [4.69, 9.17) is 5.73 Å². The summed E-state index contributed by atoms with van der Waals surface area (Å²) in [5.74, 6) is 0. The zero-order chi connectivity index (χ0) is 8.27. The van der Waals surface area contributed by atoms with E-state index in [2.05, 4.69) is 19.2 Å². The van der Waals surface area contributed by atoms with Gasteiger partial charge >= 0.3 is 0 Å². The fourth-order valence-corrected chi connectivity index (χ4v) is 1.85. The quantitative estimate of drug-likeness (QED) is 0.631. The van der Waals surface area contributed by atoms with Crippen molar-refractivity contribution in [3.05, 3.63) is 0 Å². The molecule has 1 aliphatic rings. The average Bonchev–Trinajstić information content (AvgIpc) is 1.85. The molecule has 0 aromatic rings. The maximum absolute atomic E-state index is 5.86. The van der Waals surface area contributed by atoms with Crippen molar-refractivity contribution in [3.8, 4) is 0 Å². The predicted molar refractivity (Wildman–Crippen MR) is 48.5 cm³/mol. The van der Waals surface area contributed by atoms with Crippen molar-refractivity contribution in [2.24, 2.45) is 5.73 Å². The van der Waals surface area contributed by atoms with Gasteiger partial charge < -0.3 is 11.1 Å². The van der Waals surface area contributed by atoms with Gasteiger partial charge in [0.1, 0.15) is 0 Å². The average molecular weight is 156 g/mol. The van der Waals surface area contributed by atoms with Crippen LogP contribution in [0.3, 0.4) is 0 Å². The van der Waals surface area contributed by atoms with E-state index in [9.17, 15) is 0 Å². The van der Waals surface area contributed by atoms with Gasteiger partial charge in [-0.05, 0) is 19.3 Å². The molecule has 1 aliphatic carbocycles. The second kappa shape index (κ2) is 4.07. The van der Waals surface area contributed by atoms with Gasteiger partial charge in [-0.25, -0.2) is 0 Å². The summed E-state index contributed by atoms with van der Waals surface area (Å²) in [7, 11) is 0. The predicted octanol–water partition coefficient (Wildman–Crippen LogP) is 1.25. The Morgan fingerprint density at radius 1 is 1.36 bits per heavy atom. The largest absolute Gasteiger partial charge is 0.328 e. The molecule has 0 spiro atoms.